The minimum atomic E-state index is 0.496. The molecule has 19 heavy (non-hydrogen) atoms. The largest absolute Gasteiger partial charge is 0.496 e. The first-order chi connectivity index (χ1) is 9.21. The Morgan fingerprint density at radius 2 is 1.95 bits per heavy atom. The van der Waals surface area contributed by atoms with E-state index in [-0.39, 0.29) is 0 Å². The zero-order chi connectivity index (χ0) is 13.8. The fourth-order valence-corrected chi connectivity index (χ4v) is 2.01. The van der Waals surface area contributed by atoms with Crippen molar-refractivity contribution in [2.45, 2.75) is 6.92 Å². The minimum Gasteiger partial charge on any atom is -0.496 e. The SMILES string of the molecule is COc1cc(C=O)c(-c2cccnc2OC)cc1C. The molecular weight excluding hydrogens is 242 g/mol. The van der Waals surface area contributed by atoms with Gasteiger partial charge in [0.25, 0.3) is 0 Å². The summed E-state index contributed by atoms with van der Waals surface area (Å²) >= 11 is 0. The first kappa shape index (κ1) is 13.1. The van der Waals surface area contributed by atoms with Crippen molar-refractivity contribution in [3.05, 3.63) is 41.6 Å². The van der Waals surface area contributed by atoms with Crippen molar-refractivity contribution >= 4 is 6.29 Å². The van der Waals surface area contributed by atoms with Crippen LogP contribution in [0.15, 0.2) is 30.5 Å². The topological polar surface area (TPSA) is 48.4 Å². The van der Waals surface area contributed by atoms with Crippen LogP contribution in [0.4, 0.5) is 0 Å². The van der Waals surface area contributed by atoms with E-state index < -0.39 is 0 Å². The molecule has 0 aliphatic rings. The molecule has 4 heteroatoms. The molecule has 0 saturated heterocycles. The predicted molar refractivity (Wildman–Crippen MR) is 72.9 cm³/mol. The van der Waals surface area contributed by atoms with Crippen LogP contribution in [0, 0.1) is 6.92 Å². The molecule has 0 amide bonds. The van der Waals surface area contributed by atoms with Gasteiger partial charge in [0.2, 0.25) is 5.88 Å². The number of aromatic nitrogens is 1. The highest BCUT2D eigenvalue weighted by molar-refractivity contribution is 5.90. The number of carbonyl (C=O) groups excluding carboxylic acids is 1. The van der Waals surface area contributed by atoms with E-state index in [1.807, 2.05) is 25.1 Å². The number of hydrogen-bond acceptors (Lipinski definition) is 4. The molecule has 1 aromatic carbocycles. The lowest BCUT2D eigenvalue weighted by Crippen LogP contribution is -1.97. The highest BCUT2D eigenvalue weighted by Gasteiger charge is 2.13. The zero-order valence-electron chi connectivity index (χ0n) is 11.1. The van der Waals surface area contributed by atoms with Crippen molar-refractivity contribution in [3.63, 3.8) is 0 Å². The van der Waals surface area contributed by atoms with Crippen LogP contribution in [-0.4, -0.2) is 25.5 Å². The second-order valence-corrected chi connectivity index (χ2v) is 4.09. The second-order valence-electron chi connectivity index (χ2n) is 4.09. The van der Waals surface area contributed by atoms with Crippen LogP contribution in [-0.2, 0) is 0 Å². The second kappa shape index (κ2) is 5.52. The third kappa shape index (κ3) is 2.42. The molecule has 0 radical (unpaired) electrons. The molecule has 0 aliphatic carbocycles. The van der Waals surface area contributed by atoms with Crippen molar-refractivity contribution in [2.75, 3.05) is 14.2 Å². The zero-order valence-corrected chi connectivity index (χ0v) is 11.1. The van der Waals surface area contributed by atoms with Crippen LogP contribution in [0.5, 0.6) is 11.6 Å². The molecule has 0 bridgehead atoms. The number of rotatable bonds is 4. The Hall–Kier alpha value is -2.36. The smallest absolute Gasteiger partial charge is 0.221 e. The van der Waals surface area contributed by atoms with Crippen LogP contribution < -0.4 is 9.47 Å². The van der Waals surface area contributed by atoms with Gasteiger partial charge in [-0.1, -0.05) is 0 Å². The van der Waals surface area contributed by atoms with E-state index in [1.165, 1.54) is 0 Å². The molecule has 98 valence electrons. The van der Waals surface area contributed by atoms with Gasteiger partial charge in [0.1, 0.15) is 5.75 Å². The lowest BCUT2D eigenvalue weighted by Gasteiger charge is -2.12. The lowest BCUT2D eigenvalue weighted by molar-refractivity contribution is 0.112. The molecule has 4 nitrogen and oxygen atoms in total. The molecule has 2 rings (SSSR count). The van der Waals surface area contributed by atoms with E-state index in [0.717, 1.165) is 23.0 Å². The number of benzene rings is 1. The molecule has 1 heterocycles. The van der Waals surface area contributed by atoms with Crippen molar-refractivity contribution in [3.8, 4) is 22.8 Å². The maximum absolute atomic E-state index is 11.3. The summed E-state index contributed by atoms with van der Waals surface area (Å²) in [4.78, 5) is 15.4. The maximum atomic E-state index is 11.3. The molecule has 0 atom stereocenters. The molecule has 0 spiro atoms. The van der Waals surface area contributed by atoms with Gasteiger partial charge in [-0.3, -0.25) is 4.79 Å². The van der Waals surface area contributed by atoms with Gasteiger partial charge < -0.3 is 9.47 Å². The van der Waals surface area contributed by atoms with E-state index in [1.54, 1.807) is 26.5 Å². The Balaban J connectivity index is 2.67. The number of nitrogens with zero attached hydrogens (tertiary/aromatic N) is 1. The quantitative estimate of drug-likeness (QED) is 0.790. The van der Waals surface area contributed by atoms with Gasteiger partial charge in [-0.15, -0.1) is 0 Å². The van der Waals surface area contributed by atoms with Gasteiger partial charge in [-0.05, 0) is 42.3 Å². The molecule has 0 unspecified atom stereocenters. The van der Waals surface area contributed by atoms with Crippen molar-refractivity contribution in [1.29, 1.82) is 0 Å². The average molecular weight is 257 g/mol. The van der Waals surface area contributed by atoms with Gasteiger partial charge in [-0.2, -0.15) is 0 Å². The summed E-state index contributed by atoms with van der Waals surface area (Å²) < 4.78 is 10.5. The molecule has 0 aliphatic heterocycles. The Bertz CT molecular complexity index is 608. The molecule has 0 fully saturated rings. The predicted octanol–water partition coefficient (Wildman–Crippen LogP) is 2.89. The van der Waals surface area contributed by atoms with Gasteiger partial charge in [0, 0.05) is 17.3 Å². The van der Waals surface area contributed by atoms with Crippen LogP contribution in [0.2, 0.25) is 0 Å². The highest BCUT2D eigenvalue weighted by Crippen LogP contribution is 2.33. The molecule has 2 aromatic rings. The number of methoxy groups -OCH3 is 2. The van der Waals surface area contributed by atoms with Crippen LogP contribution in [0.1, 0.15) is 15.9 Å². The van der Waals surface area contributed by atoms with Gasteiger partial charge in [0.15, 0.2) is 6.29 Å². The summed E-state index contributed by atoms with van der Waals surface area (Å²) in [5, 5.41) is 0. The number of carbonyl (C=O) groups is 1. The van der Waals surface area contributed by atoms with E-state index >= 15 is 0 Å². The third-order valence-corrected chi connectivity index (χ3v) is 2.95. The lowest BCUT2D eigenvalue weighted by atomic mass is 9.98. The van der Waals surface area contributed by atoms with Gasteiger partial charge in [0.05, 0.1) is 14.2 Å². The monoisotopic (exact) mass is 257 g/mol. The van der Waals surface area contributed by atoms with E-state index in [4.69, 9.17) is 9.47 Å². The molecule has 0 N–H and O–H groups in total. The van der Waals surface area contributed by atoms with Crippen molar-refractivity contribution in [1.82, 2.24) is 4.98 Å². The van der Waals surface area contributed by atoms with Crippen LogP contribution in [0.3, 0.4) is 0 Å². The summed E-state index contributed by atoms with van der Waals surface area (Å²) in [6.45, 7) is 1.93. The minimum absolute atomic E-state index is 0.496. The fraction of sp³-hybridized carbons (Fsp3) is 0.200. The first-order valence-corrected chi connectivity index (χ1v) is 5.84. The number of aryl methyl sites for hydroxylation is 1. The summed E-state index contributed by atoms with van der Waals surface area (Å²) in [6.07, 6.45) is 2.46. The van der Waals surface area contributed by atoms with Crippen LogP contribution >= 0.6 is 0 Å². The number of hydrogen-bond donors (Lipinski definition) is 0. The molecular formula is C15H15NO3. The summed E-state index contributed by atoms with van der Waals surface area (Å²) in [6, 6.07) is 7.32. The Kier molecular flexibility index (Phi) is 3.80. The highest BCUT2D eigenvalue weighted by atomic mass is 16.5. The van der Waals surface area contributed by atoms with Gasteiger partial charge in [-0.25, -0.2) is 4.98 Å². The van der Waals surface area contributed by atoms with E-state index in [0.29, 0.717) is 17.2 Å². The van der Waals surface area contributed by atoms with E-state index in [9.17, 15) is 4.79 Å². The number of ether oxygens (including phenoxy) is 2. The normalized spacial score (nSPS) is 10.1. The third-order valence-electron chi connectivity index (χ3n) is 2.95. The Morgan fingerprint density at radius 3 is 2.58 bits per heavy atom. The first-order valence-electron chi connectivity index (χ1n) is 5.84. The molecule has 1 aromatic heterocycles. The summed E-state index contributed by atoms with van der Waals surface area (Å²) in [5.74, 6) is 1.18. The number of pyridine rings is 1. The summed E-state index contributed by atoms with van der Waals surface area (Å²) in [5.41, 5.74) is 3.08. The Morgan fingerprint density at radius 1 is 1.16 bits per heavy atom. The Labute approximate surface area is 112 Å². The number of aldehydes is 1. The summed E-state index contributed by atoms with van der Waals surface area (Å²) in [7, 11) is 3.14. The van der Waals surface area contributed by atoms with Gasteiger partial charge >= 0.3 is 0 Å². The fourth-order valence-electron chi connectivity index (χ4n) is 2.01. The van der Waals surface area contributed by atoms with Crippen molar-refractivity contribution in [2.24, 2.45) is 0 Å². The van der Waals surface area contributed by atoms with Crippen molar-refractivity contribution < 1.29 is 14.3 Å². The standard InChI is InChI=1S/C15H15NO3/c1-10-7-13(11(9-17)8-14(10)18-2)12-5-4-6-16-15(12)19-3/h4-9H,1-3H3. The van der Waals surface area contributed by atoms with E-state index in [2.05, 4.69) is 4.98 Å². The van der Waals surface area contributed by atoms with Crippen LogP contribution in [0.25, 0.3) is 11.1 Å². The molecule has 0 saturated carbocycles. The average Bonchev–Trinajstić information content (AvgIpc) is 2.46. The maximum Gasteiger partial charge on any atom is 0.221 e.